The van der Waals surface area contributed by atoms with E-state index in [1.54, 1.807) is 0 Å². The second-order valence-electron chi connectivity index (χ2n) is 8.42. The largest absolute Gasteiger partial charge is 0.379 e. The minimum Gasteiger partial charge on any atom is -0.379 e. The molecule has 8 heteroatoms. The minimum atomic E-state index is 0.146. The quantitative estimate of drug-likeness (QED) is 0.827. The Morgan fingerprint density at radius 1 is 1.17 bits per heavy atom. The van der Waals surface area contributed by atoms with E-state index in [4.69, 9.17) is 14.7 Å². The standard InChI is InChI=1S/C21H29N5O2S/c1-25-7-6-14(12-18(25)27)22-20-19-15-4-2-3-5-16(15)29-21(19)24-17(23-20)13-26-8-10-28-11-9-26/h14H,2-13H2,1H3,(H,22,23,24). The van der Waals surface area contributed by atoms with E-state index in [1.165, 1.54) is 28.7 Å². The number of nitrogens with zero attached hydrogens (tertiary/aromatic N) is 4. The number of morpholine rings is 1. The number of anilines is 1. The van der Waals surface area contributed by atoms with Crippen LogP contribution in [0, 0.1) is 0 Å². The summed E-state index contributed by atoms with van der Waals surface area (Å²) in [6, 6.07) is 0.146. The van der Waals surface area contributed by atoms with Crippen molar-refractivity contribution in [2.45, 2.75) is 51.1 Å². The topological polar surface area (TPSA) is 70.6 Å². The van der Waals surface area contributed by atoms with Gasteiger partial charge in [0.2, 0.25) is 5.91 Å². The van der Waals surface area contributed by atoms with Crippen molar-refractivity contribution in [1.82, 2.24) is 19.8 Å². The number of rotatable bonds is 4. The maximum Gasteiger partial charge on any atom is 0.224 e. The van der Waals surface area contributed by atoms with Crippen LogP contribution in [0.3, 0.4) is 0 Å². The van der Waals surface area contributed by atoms with Gasteiger partial charge in [-0.2, -0.15) is 0 Å². The van der Waals surface area contributed by atoms with Gasteiger partial charge in [-0.3, -0.25) is 9.69 Å². The average molecular weight is 416 g/mol. The monoisotopic (exact) mass is 415 g/mol. The molecule has 0 spiro atoms. The lowest BCUT2D eigenvalue weighted by Crippen LogP contribution is -2.41. The van der Waals surface area contributed by atoms with Crippen molar-refractivity contribution < 1.29 is 9.53 Å². The molecule has 4 heterocycles. The van der Waals surface area contributed by atoms with Gasteiger partial charge in [0.25, 0.3) is 0 Å². The van der Waals surface area contributed by atoms with Crippen LogP contribution in [0.2, 0.25) is 0 Å². The third-order valence-corrected chi connectivity index (χ3v) is 7.52. The molecule has 1 atom stereocenters. The maximum atomic E-state index is 12.2. The number of ether oxygens (including phenoxy) is 1. The van der Waals surface area contributed by atoms with Crippen LogP contribution in [0.25, 0.3) is 10.2 Å². The molecular weight excluding hydrogens is 386 g/mol. The summed E-state index contributed by atoms with van der Waals surface area (Å²) in [4.78, 5) is 28.9. The van der Waals surface area contributed by atoms with Gasteiger partial charge in [0.15, 0.2) is 0 Å². The van der Waals surface area contributed by atoms with Crippen LogP contribution in [0.15, 0.2) is 0 Å². The first-order valence-electron chi connectivity index (χ1n) is 10.8. The summed E-state index contributed by atoms with van der Waals surface area (Å²) in [6.45, 7) is 4.95. The van der Waals surface area contributed by atoms with E-state index in [0.717, 1.165) is 75.1 Å². The molecule has 2 fully saturated rings. The fourth-order valence-electron chi connectivity index (χ4n) is 4.60. The van der Waals surface area contributed by atoms with E-state index in [0.29, 0.717) is 6.42 Å². The molecule has 0 radical (unpaired) electrons. The molecule has 156 valence electrons. The van der Waals surface area contributed by atoms with E-state index in [-0.39, 0.29) is 11.9 Å². The third kappa shape index (κ3) is 3.98. The van der Waals surface area contributed by atoms with Crippen molar-refractivity contribution in [2.24, 2.45) is 0 Å². The Bertz CT molecular complexity index is 908. The summed E-state index contributed by atoms with van der Waals surface area (Å²) in [5.74, 6) is 2.03. The smallest absolute Gasteiger partial charge is 0.224 e. The number of amides is 1. The normalized spacial score (nSPS) is 23.4. The maximum absolute atomic E-state index is 12.2. The molecule has 29 heavy (non-hydrogen) atoms. The van der Waals surface area contributed by atoms with Crippen molar-refractivity contribution in [3.8, 4) is 0 Å². The van der Waals surface area contributed by atoms with Crippen LogP contribution in [-0.2, 0) is 28.9 Å². The number of likely N-dealkylation sites (tertiary alicyclic amines) is 1. The number of hydrogen-bond donors (Lipinski definition) is 1. The van der Waals surface area contributed by atoms with Gasteiger partial charge in [-0.15, -0.1) is 11.3 Å². The Labute approximate surface area is 175 Å². The second-order valence-corrected chi connectivity index (χ2v) is 9.50. The number of nitrogens with one attached hydrogen (secondary N) is 1. The number of aromatic nitrogens is 2. The Morgan fingerprint density at radius 2 is 2.00 bits per heavy atom. The highest BCUT2D eigenvalue weighted by Crippen LogP contribution is 2.39. The first-order chi connectivity index (χ1) is 14.2. The summed E-state index contributed by atoms with van der Waals surface area (Å²) in [5.41, 5.74) is 1.44. The first kappa shape index (κ1) is 19.2. The van der Waals surface area contributed by atoms with Crippen LogP contribution in [0.4, 0.5) is 5.82 Å². The zero-order valence-corrected chi connectivity index (χ0v) is 17.9. The minimum absolute atomic E-state index is 0.146. The predicted molar refractivity (Wildman–Crippen MR) is 114 cm³/mol. The molecule has 0 saturated carbocycles. The molecule has 1 aliphatic carbocycles. The summed E-state index contributed by atoms with van der Waals surface area (Å²) >= 11 is 1.84. The second kappa shape index (κ2) is 8.16. The molecule has 7 nitrogen and oxygen atoms in total. The molecule has 2 aliphatic heterocycles. The van der Waals surface area contributed by atoms with Crippen molar-refractivity contribution in [1.29, 1.82) is 0 Å². The average Bonchev–Trinajstić information content (AvgIpc) is 3.10. The van der Waals surface area contributed by atoms with Crippen LogP contribution >= 0.6 is 11.3 Å². The van der Waals surface area contributed by atoms with Crippen molar-refractivity contribution >= 4 is 33.3 Å². The SMILES string of the molecule is CN1CCC(Nc2nc(CN3CCOCC3)nc3sc4c(c23)CCCC4)CC1=O. The predicted octanol–water partition coefficient (Wildman–Crippen LogP) is 2.44. The number of carbonyl (C=O) groups is 1. The van der Waals surface area contributed by atoms with Crippen molar-refractivity contribution in [2.75, 3.05) is 45.2 Å². The third-order valence-electron chi connectivity index (χ3n) is 6.33. The fourth-order valence-corrected chi connectivity index (χ4v) is 5.88. The number of thiophene rings is 1. The van der Waals surface area contributed by atoms with E-state index >= 15 is 0 Å². The number of piperidine rings is 1. The van der Waals surface area contributed by atoms with Gasteiger partial charge in [0, 0.05) is 44.0 Å². The Morgan fingerprint density at radius 3 is 2.83 bits per heavy atom. The first-order valence-corrected chi connectivity index (χ1v) is 11.6. The van der Waals surface area contributed by atoms with E-state index < -0.39 is 0 Å². The van der Waals surface area contributed by atoms with Crippen LogP contribution < -0.4 is 5.32 Å². The van der Waals surface area contributed by atoms with Crippen LogP contribution in [0.1, 0.15) is 41.9 Å². The molecule has 1 unspecified atom stereocenters. The zero-order chi connectivity index (χ0) is 19.8. The number of carbonyl (C=O) groups excluding carboxylic acids is 1. The van der Waals surface area contributed by atoms with Gasteiger partial charge in [0.05, 0.1) is 25.1 Å². The van der Waals surface area contributed by atoms with Gasteiger partial charge in [0.1, 0.15) is 16.5 Å². The molecule has 3 aliphatic rings. The summed E-state index contributed by atoms with van der Waals surface area (Å²) < 4.78 is 5.48. The molecule has 0 aromatic carbocycles. The lowest BCUT2D eigenvalue weighted by molar-refractivity contribution is -0.132. The lowest BCUT2D eigenvalue weighted by atomic mass is 9.96. The van der Waals surface area contributed by atoms with Gasteiger partial charge in [-0.05, 0) is 37.7 Å². The fraction of sp³-hybridized carbons (Fsp3) is 0.667. The molecule has 2 aromatic heterocycles. The van der Waals surface area contributed by atoms with E-state index in [9.17, 15) is 4.79 Å². The Hall–Kier alpha value is -1.77. The molecule has 0 bridgehead atoms. The molecular formula is C21H29N5O2S. The van der Waals surface area contributed by atoms with Crippen LogP contribution in [-0.4, -0.2) is 71.6 Å². The van der Waals surface area contributed by atoms with E-state index in [1.807, 2.05) is 23.3 Å². The number of hydrogen-bond acceptors (Lipinski definition) is 7. The van der Waals surface area contributed by atoms with E-state index in [2.05, 4.69) is 10.2 Å². The highest BCUT2D eigenvalue weighted by Gasteiger charge is 2.27. The molecule has 1 amide bonds. The van der Waals surface area contributed by atoms with Crippen molar-refractivity contribution in [3.63, 3.8) is 0 Å². The Kier molecular flexibility index (Phi) is 5.41. The molecule has 5 rings (SSSR count). The molecule has 1 N–H and O–H groups in total. The van der Waals surface area contributed by atoms with Crippen LogP contribution in [0.5, 0.6) is 0 Å². The van der Waals surface area contributed by atoms with Gasteiger partial charge < -0.3 is 15.0 Å². The van der Waals surface area contributed by atoms with Gasteiger partial charge in [-0.25, -0.2) is 9.97 Å². The highest BCUT2D eigenvalue weighted by molar-refractivity contribution is 7.19. The number of aryl methyl sites for hydroxylation is 2. The molecule has 2 saturated heterocycles. The van der Waals surface area contributed by atoms with Gasteiger partial charge >= 0.3 is 0 Å². The zero-order valence-electron chi connectivity index (χ0n) is 17.1. The summed E-state index contributed by atoms with van der Waals surface area (Å²) in [7, 11) is 1.89. The highest BCUT2D eigenvalue weighted by atomic mass is 32.1. The lowest BCUT2D eigenvalue weighted by Gasteiger charge is -2.30. The van der Waals surface area contributed by atoms with Crippen molar-refractivity contribution in [3.05, 3.63) is 16.3 Å². The number of fused-ring (bicyclic) bond motifs is 3. The summed E-state index contributed by atoms with van der Waals surface area (Å²) in [6.07, 6.45) is 6.26. The Balaban J connectivity index is 1.48. The summed E-state index contributed by atoms with van der Waals surface area (Å²) in [5, 5.41) is 4.86. The molecule has 2 aromatic rings. The van der Waals surface area contributed by atoms with Gasteiger partial charge in [-0.1, -0.05) is 0 Å².